The van der Waals surface area contributed by atoms with Crippen molar-refractivity contribution in [3.63, 3.8) is 0 Å². The monoisotopic (exact) mass is 389 g/mol. The zero-order valence-corrected chi connectivity index (χ0v) is 16.9. The van der Waals surface area contributed by atoms with E-state index in [1.165, 1.54) is 4.88 Å². The van der Waals surface area contributed by atoms with Crippen LogP contribution in [0.5, 0.6) is 0 Å². The number of ether oxygens (including phenoxy) is 1. The summed E-state index contributed by atoms with van der Waals surface area (Å²) >= 11 is 1.67. The first-order chi connectivity index (χ1) is 13.2. The minimum Gasteiger partial charge on any atom is -0.378 e. The molecule has 2 aliphatic rings. The van der Waals surface area contributed by atoms with Crippen LogP contribution >= 0.6 is 11.3 Å². The Balaban J connectivity index is 1.61. The molecule has 2 aromatic rings. The molecule has 2 aromatic heterocycles. The van der Waals surface area contributed by atoms with Crippen LogP contribution in [0.3, 0.4) is 0 Å². The van der Waals surface area contributed by atoms with E-state index in [2.05, 4.69) is 28.6 Å². The predicted molar refractivity (Wildman–Crippen MR) is 108 cm³/mol. The number of aryl methyl sites for hydroxylation is 1. The van der Waals surface area contributed by atoms with Crippen LogP contribution in [0, 0.1) is 6.92 Å². The van der Waals surface area contributed by atoms with Crippen molar-refractivity contribution in [1.29, 1.82) is 0 Å². The molecule has 0 spiro atoms. The van der Waals surface area contributed by atoms with Crippen LogP contribution in [0.15, 0.2) is 5.38 Å². The Bertz CT molecular complexity index is 810. The summed E-state index contributed by atoms with van der Waals surface area (Å²) in [5, 5.41) is 3.11. The van der Waals surface area contributed by atoms with Crippen molar-refractivity contribution in [2.75, 3.05) is 63.9 Å². The van der Waals surface area contributed by atoms with Crippen LogP contribution in [-0.4, -0.2) is 84.7 Å². The number of hydrogen-bond acceptors (Lipinski definition) is 7. The van der Waals surface area contributed by atoms with Crippen molar-refractivity contribution in [3.05, 3.63) is 16.1 Å². The van der Waals surface area contributed by atoms with Gasteiger partial charge in [-0.15, -0.1) is 11.3 Å². The standard InChI is InChI=1S/C19H27N5O2S/c1-3-4-22-5-7-24(8-6-22)19(25)17-20-15-13-27-14(2)16(15)18(21-17)23-9-11-26-12-10-23/h13H,3-12H2,1-2H3. The Hall–Kier alpha value is -1.77. The average molecular weight is 390 g/mol. The molecule has 27 heavy (non-hydrogen) atoms. The van der Waals surface area contributed by atoms with Gasteiger partial charge in [-0.05, 0) is 19.9 Å². The molecule has 2 saturated heterocycles. The molecule has 146 valence electrons. The lowest BCUT2D eigenvalue weighted by atomic mass is 10.2. The normalized spacial score (nSPS) is 19.0. The summed E-state index contributed by atoms with van der Waals surface area (Å²) in [6.45, 7) is 11.7. The first kappa shape index (κ1) is 18.6. The summed E-state index contributed by atoms with van der Waals surface area (Å²) in [5.74, 6) is 1.16. The van der Waals surface area contributed by atoms with Crippen molar-refractivity contribution in [2.45, 2.75) is 20.3 Å². The van der Waals surface area contributed by atoms with Crippen LogP contribution in [0.1, 0.15) is 28.8 Å². The van der Waals surface area contributed by atoms with E-state index in [4.69, 9.17) is 9.72 Å². The summed E-state index contributed by atoms with van der Waals surface area (Å²) in [4.78, 5) is 30.2. The number of rotatable bonds is 4. The fourth-order valence-electron chi connectivity index (χ4n) is 3.82. The Morgan fingerprint density at radius 1 is 1.15 bits per heavy atom. The van der Waals surface area contributed by atoms with Gasteiger partial charge in [0.15, 0.2) is 0 Å². The molecule has 0 radical (unpaired) electrons. The van der Waals surface area contributed by atoms with Gasteiger partial charge in [-0.3, -0.25) is 9.69 Å². The molecule has 4 heterocycles. The van der Waals surface area contributed by atoms with Gasteiger partial charge in [-0.25, -0.2) is 9.97 Å². The van der Waals surface area contributed by atoms with Crippen LogP contribution in [0.4, 0.5) is 5.82 Å². The minimum absolute atomic E-state index is 0.0496. The van der Waals surface area contributed by atoms with Gasteiger partial charge in [-0.2, -0.15) is 0 Å². The van der Waals surface area contributed by atoms with Crippen molar-refractivity contribution in [1.82, 2.24) is 19.8 Å². The number of morpholine rings is 1. The maximum absolute atomic E-state index is 13.1. The average Bonchev–Trinajstić information content (AvgIpc) is 3.09. The highest BCUT2D eigenvalue weighted by molar-refractivity contribution is 7.11. The smallest absolute Gasteiger partial charge is 0.291 e. The molecule has 2 fully saturated rings. The van der Waals surface area contributed by atoms with Crippen LogP contribution < -0.4 is 4.90 Å². The number of anilines is 1. The zero-order valence-electron chi connectivity index (χ0n) is 16.1. The van der Waals surface area contributed by atoms with Crippen molar-refractivity contribution >= 4 is 34.0 Å². The number of piperazine rings is 1. The third-order valence-electron chi connectivity index (χ3n) is 5.32. The SMILES string of the molecule is CCCN1CCN(C(=O)c2nc(N3CCOCC3)c3c(C)scc3n2)CC1. The molecular weight excluding hydrogens is 362 g/mol. The van der Waals surface area contributed by atoms with Crippen molar-refractivity contribution in [3.8, 4) is 0 Å². The first-order valence-electron chi connectivity index (χ1n) is 9.77. The Morgan fingerprint density at radius 2 is 1.89 bits per heavy atom. The third kappa shape index (κ3) is 3.79. The van der Waals surface area contributed by atoms with Gasteiger partial charge in [0.05, 0.1) is 24.1 Å². The third-order valence-corrected chi connectivity index (χ3v) is 6.22. The number of carbonyl (C=O) groups excluding carboxylic acids is 1. The number of fused-ring (bicyclic) bond motifs is 1. The summed E-state index contributed by atoms with van der Waals surface area (Å²) in [6, 6.07) is 0. The topological polar surface area (TPSA) is 61.8 Å². The molecule has 0 aromatic carbocycles. The van der Waals surface area contributed by atoms with E-state index in [0.29, 0.717) is 19.0 Å². The van der Waals surface area contributed by atoms with Gasteiger partial charge in [0, 0.05) is 49.5 Å². The largest absolute Gasteiger partial charge is 0.378 e. The number of carbonyl (C=O) groups is 1. The fourth-order valence-corrected chi connectivity index (χ4v) is 4.60. The molecule has 0 N–H and O–H groups in total. The van der Waals surface area contributed by atoms with Crippen LogP contribution in [-0.2, 0) is 4.74 Å². The van der Waals surface area contributed by atoms with E-state index in [0.717, 1.165) is 69.0 Å². The summed E-state index contributed by atoms with van der Waals surface area (Å²) in [6.07, 6.45) is 1.15. The summed E-state index contributed by atoms with van der Waals surface area (Å²) in [5.41, 5.74) is 0.877. The van der Waals surface area contributed by atoms with Crippen molar-refractivity contribution < 1.29 is 9.53 Å². The molecule has 4 rings (SSSR count). The van der Waals surface area contributed by atoms with Gasteiger partial charge in [0.2, 0.25) is 5.82 Å². The lowest BCUT2D eigenvalue weighted by Crippen LogP contribution is -2.49. The van der Waals surface area contributed by atoms with Gasteiger partial charge in [-0.1, -0.05) is 6.92 Å². The zero-order chi connectivity index (χ0) is 18.8. The molecule has 0 aliphatic carbocycles. The lowest BCUT2D eigenvalue weighted by molar-refractivity contribution is 0.0626. The number of aromatic nitrogens is 2. The molecule has 1 amide bonds. The highest BCUT2D eigenvalue weighted by Crippen LogP contribution is 2.32. The molecule has 0 saturated carbocycles. The summed E-state index contributed by atoms with van der Waals surface area (Å²) < 4.78 is 5.49. The molecule has 0 bridgehead atoms. The quantitative estimate of drug-likeness (QED) is 0.797. The van der Waals surface area contributed by atoms with E-state index in [9.17, 15) is 4.79 Å². The summed E-state index contributed by atoms with van der Waals surface area (Å²) in [7, 11) is 0. The van der Waals surface area contributed by atoms with Gasteiger partial charge in [0.1, 0.15) is 5.82 Å². The second-order valence-electron chi connectivity index (χ2n) is 7.16. The number of thiophene rings is 1. The molecule has 7 nitrogen and oxygen atoms in total. The molecular formula is C19H27N5O2S. The van der Waals surface area contributed by atoms with E-state index in [-0.39, 0.29) is 5.91 Å². The molecule has 2 aliphatic heterocycles. The number of hydrogen-bond donors (Lipinski definition) is 0. The van der Waals surface area contributed by atoms with Gasteiger partial charge < -0.3 is 14.5 Å². The van der Waals surface area contributed by atoms with E-state index in [1.807, 2.05) is 10.3 Å². The van der Waals surface area contributed by atoms with E-state index in [1.54, 1.807) is 11.3 Å². The van der Waals surface area contributed by atoms with Gasteiger partial charge >= 0.3 is 0 Å². The second kappa shape index (κ2) is 8.08. The molecule has 0 atom stereocenters. The van der Waals surface area contributed by atoms with Gasteiger partial charge in [0.25, 0.3) is 5.91 Å². The predicted octanol–water partition coefficient (Wildman–Crippen LogP) is 2.00. The lowest BCUT2D eigenvalue weighted by Gasteiger charge is -2.34. The van der Waals surface area contributed by atoms with Crippen molar-refractivity contribution in [2.24, 2.45) is 0 Å². The molecule has 0 unspecified atom stereocenters. The Morgan fingerprint density at radius 3 is 2.59 bits per heavy atom. The molecule has 8 heteroatoms. The van der Waals surface area contributed by atoms with E-state index >= 15 is 0 Å². The highest BCUT2D eigenvalue weighted by Gasteiger charge is 2.26. The fraction of sp³-hybridized carbons (Fsp3) is 0.632. The second-order valence-corrected chi connectivity index (χ2v) is 8.24. The Labute approximate surface area is 163 Å². The first-order valence-corrected chi connectivity index (χ1v) is 10.7. The Kier molecular flexibility index (Phi) is 5.56. The minimum atomic E-state index is -0.0496. The van der Waals surface area contributed by atoms with E-state index < -0.39 is 0 Å². The number of amides is 1. The van der Waals surface area contributed by atoms with Crippen LogP contribution in [0.25, 0.3) is 10.9 Å². The maximum atomic E-state index is 13.1. The highest BCUT2D eigenvalue weighted by atomic mass is 32.1. The maximum Gasteiger partial charge on any atom is 0.291 e. The van der Waals surface area contributed by atoms with Crippen LogP contribution in [0.2, 0.25) is 0 Å². The number of nitrogens with zero attached hydrogens (tertiary/aromatic N) is 5.